The number of methoxy groups -OCH3 is 1. The Kier molecular flexibility index (Phi) is 7.25. The van der Waals surface area contributed by atoms with E-state index in [1.807, 2.05) is 29.2 Å². The van der Waals surface area contributed by atoms with Gasteiger partial charge < -0.3 is 20.1 Å². The summed E-state index contributed by atoms with van der Waals surface area (Å²) in [6.07, 6.45) is 2.22. The Morgan fingerprint density at radius 1 is 1.17 bits per heavy atom. The smallest absolute Gasteiger partial charge is 0.251 e. The number of likely N-dealkylation sites (tertiary alicyclic amines) is 1. The van der Waals surface area contributed by atoms with E-state index in [2.05, 4.69) is 5.32 Å². The van der Waals surface area contributed by atoms with Crippen molar-refractivity contribution in [3.8, 4) is 5.75 Å². The van der Waals surface area contributed by atoms with Gasteiger partial charge in [0.05, 0.1) is 13.7 Å². The number of aliphatic hydroxyl groups is 1. The van der Waals surface area contributed by atoms with Gasteiger partial charge in [-0.3, -0.25) is 9.59 Å². The molecular formula is C23H28N2O4. The highest BCUT2D eigenvalue weighted by atomic mass is 16.5. The number of hydrogen-bond acceptors (Lipinski definition) is 4. The quantitative estimate of drug-likeness (QED) is 0.718. The molecule has 0 aliphatic carbocycles. The number of nitrogens with one attached hydrogen (secondary N) is 1. The van der Waals surface area contributed by atoms with Crippen LogP contribution in [0.25, 0.3) is 0 Å². The van der Waals surface area contributed by atoms with E-state index in [-0.39, 0.29) is 18.4 Å². The van der Waals surface area contributed by atoms with Crippen LogP contribution in [0.1, 0.15) is 34.3 Å². The Morgan fingerprint density at radius 2 is 1.93 bits per heavy atom. The molecular weight excluding hydrogens is 368 g/mol. The Labute approximate surface area is 171 Å². The van der Waals surface area contributed by atoms with Crippen molar-refractivity contribution in [2.24, 2.45) is 5.92 Å². The fourth-order valence-corrected chi connectivity index (χ4v) is 3.65. The monoisotopic (exact) mass is 396 g/mol. The normalized spacial score (nSPS) is 15.9. The third kappa shape index (κ3) is 5.81. The molecule has 1 atom stereocenters. The van der Waals surface area contributed by atoms with Crippen molar-refractivity contribution in [1.82, 2.24) is 10.2 Å². The number of amides is 2. The number of carbonyl (C=O) groups is 2. The summed E-state index contributed by atoms with van der Waals surface area (Å²) in [4.78, 5) is 26.6. The van der Waals surface area contributed by atoms with Crippen molar-refractivity contribution in [3.05, 3.63) is 65.2 Å². The molecule has 3 rings (SSSR count). The molecule has 1 aliphatic heterocycles. The van der Waals surface area contributed by atoms with Crippen molar-refractivity contribution in [2.45, 2.75) is 25.9 Å². The molecule has 0 radical (unpaired) electrons. The van der Waals surface area contributed by atoms with Gasteiger partial charge in [-0.15, -0.1) is 0 Å². The van der Waals surface area contributed by atoms with Gasteiger partial charge in [0, 0.05) is 31.6 Å². The van der Waals surface area contributed by atoms with Crippen LogP contribution in [0.15, 0.2) is 48.5 Å². The minimum Gasteiger partial charge on any atom is -0.497 e. The Bertz CT molecular complexity index is 835. The van der Waals surface area contributed by atoms with Crippen LogP contribution < -0.4 is 10.1 Å². The molecule has 2 amide bonds. The van der Waals surface area contributed by atoms with Crippen LogP contribution in [0.3, 0.4) is 0 Å². The summed E-state index contributed by atoms with van der Waals surface area (Å²) < 4.78 is 5.13. The fraction of sp³-hybridized carbons (Fsp3) is 0.391. The summed E-state index contributed by atoms with van der Waals surface area (Å²) in [5, 5.41) is 11.9. The van der Waals surface area contributed by atoms with Gasteiger partial charge in [-0.05, 0) is 48.1 Å². The number of ether oxygens (including phenoxy) is 1. The average Bonchev–Trinajstić information content (AvgIpc) is 3.22. The van der Waals surface area contributed by atoms with E-state index in [0.717, 1.165) is 31.5 Å². The van der Waals surface area contributed by atoms with Crippen molar-refractivity contribution >= 4 is 11.8 Å². The molecule has 6 heteroatoms. The lowest BCUT2D eigenvalue weighted by Crippen LogP contribution is -2.33. The molecule has 2 N–H and O–H groups in total. The Morgan fingerprint density at radius 3 is 2.66 bits per heavy atom. The highest BCUT2D eigenvalue weighted by Crippen LogP contribution is 2.22. The second kappa shape index (κ2) is 10.1. The van der Waals surface area contributed by atoms with Gasteiger partial charge in [-0.2, -0.15) is 0 Å². The van der Waals surface area contributed by atoms with E-state index in [4.69, 9.17) is 9.84 Å². The number of benzene rings is 2. The zero-order valence-electron chi connectivity index (χ0n) is 16.8. The first-order valence-electron chi connectivity index (χ1n) is 9.97. The molecule has 1 aliphatic rings. The third-order valence-electron chi connectivity index (χ3n) is 5.32. The van der Waals surface area contributed by atoms with Gasteiger partial charge in [0.25, 0.3) is 5.91 Å². The largest absolute Gasteiger partial charge is 0.497 e. The number of aliphatic hydroxyl groups excluding tert-OH is 1. The third-order valence-corrected chi connectivity index (χ3v) is 5.32. The highest BCUT2D eigenvalue weighted by molar-refractivity contribution is 5.94. The summed E-state index contributed by atoms with van der Waals surface area (Å²) in [6, 6.07) is 14.9. The maximum atomic E-state index is 12.5. The van der Waals surface area contributed by atoms with Crippen LogP contribution in [-0.4, -0.2) is 48.6 Å². The molecule has 0 aromatic heterocycles. The van der Waals surface area contributed by atoms with E-state index in [0.29, 0.717) is 30.2 Å². The number of hydrogen-bond donors (Lipinski definition) is 2. The zero-order valence-corrected chi connectivity index (χ0v) is 16.8. The summed E-state index contributed by atoms with van der Waals surface area (Å²) in [7, 11) is 1.56. The maximum absolute atomic E-state index is 12.5. The molecule has 0 saturated carbocycles. The summed E-state index contributed by atoms with van der Waals surface area (Å²) in [6.45, 7) is 1.89. The van der Waals surface area contributed by atoms with Gasteiger partial charge in [0.15, 0.2) is 0 Å². The van der Waals surface area contributed by atoms with E-state index >= 15 is 0 Å². The first-order chi connectivity index (χ1) is 14.1. The lowest BCUT2D eigenvalue weighted by molar-refractivity contribution is -0.130. The van der Waals surface area contributed by atoms with Gasteiger partial charge in [0.2, 0.25) is 5.91 Å². The van der Waals surface area contributed by atoms with Crippen LogP contribution >= 0.6 is 0 Å². The van der Waals surface area contributed by atoms with E-state index in [9.17, 15) is 9.59 Å². The molecule has 0 spiro atoms. The number of rotatable bonds is 8. The molecule has 0 bridgehead atoms. The lowest BCUT2D eigenvalue weighted by atomic mass is 9.98. The van der Waals surface area contributed by atoms with Crippen LogP contribution in [0.4, 0.5) is 0 Å². The highest BCUT2D eigenvalue weighted by Gasteiger charge is 2.26. The van der Waals surface area contributed by atoms with Gasteiger partial charge in [0.1, 0.15) is 5.75 Å². The van der Waals surface area contributed by atoms with Crippen LogP contribution in [-0.2, 0) is 17.8 Å². The minimum atomic E-state index is -0.206. The van der Waals surface area contributed by atoms with Crippen molar-refractivity contribution in [2.75, 3.05) is 26.7 Å². The van der Waals surface area contributed by atoms with Crippen molar-refractivity contribution in [3.63, 3.8) is 0 Å². The second-order valence-electron chi connectivity index (χ2n) is 7.41. The SMILES string of the molecule is COc1cccc(C(=O)NCCC(=O)N2CC[C@@H](Cc3ccc(CO)cc3)C2)c1. The maximum Gasteiger partial charge on any atom is 0.251 e. The molecule has 154 valence electrons. The predicted molar refractivity (Wildman–Crippen MR) is 111 cm³/mol. The number of nitrogens with zero attached hydrogens (tertiary/aromatic N) is 1. The molecule has 1 saturated heterocycles. The first kappa shape index (κ1) is 20.9. The van der Waals surface area contributed by atoms with Crippen LogP contribution in [0.5, 0.6) is 5.75 Å². The van der Waals surface area contributed by atoms with Crippen molar-refractivity contribution < 1.29 is 19.4 Å². The van der Waals surface area contributed by atoms with E-state index < -0.39 is 0 Å². The van der Waals surface area contributed by atoms with Gasteiger partial charge in [-0.1, -0.05) is 30.3 Å². The molecule has 0 unspecified atom stereocenters. The zero-order chi connectivity index (χ0) is 20.6. The van der Waals surface area contributed by atoms with Crippen LogP contribution in [0.2, 0.25) is 0 Å². The summed E-state index contributed by atoms with van der Waals surface area (Å²) in [5.74, 6) is 0.949. The number of carbonyl (C=O) groups excluding carboxylic acids is 2. The summed E-state index contributed by atoms with van der Waals surface area (Å²) in [5.41, 5.74) is 2.66. The van der Waals surface area contributed by atoms with E-state index in [1.165, 1.54) is 5.56 Å². The molecule has 2 aromatic rings. The van der Waals surface area contributed by atoms with Gasteiger partial charge in [-0.25, -0.2) is 0 Å². The molecule has 2 aromatic carbocycles. The predicted octanol–water partition coefficient (Wildman–Crippen LogP) is 2.40. The fourth-order valence-electron chi connectivity index (χ4n) is 3.65. The Hall–Kier alpha value is -2.86. The van der Waals surface area contributed by atoms with Gasteiger partial charge >= 0.3 is 0 Å². The summed E-state index contributed by atoms with van der Waals surface area (Å²) >= 11 is 0. The molecule has 1 heterocycles. The molecule has 1 fully saturated rings. The first-order valence-corrected chi connectivity index (χ1v) is 9.97. The standard InChI is InChI=1S/C23H28N2O4/c1-29-21-4-2-3-20(14-21)23(28)24-11-9-22(27)25-12-10-19(15-25)13-17-5-7-18(16-26)8-6-17/h2-8,14,19,26H,9-13,15-16H2,1H3,(H,24,28)/t19-/m0/s1. The van der Waals surface area contributed by atoms with Crippen LogP contribution in [0, 0.1) is 5.92 Å². The molecule has 29 heavy (non-hydrogen) atoms. The lowest BCUT2D eigenvalue weighted by Gasteiger charge is -2.17. The minimum absolute atomic E-state index is 0.0559. The average molecular weight is 396 g/mol. The Balaban J connectivity index is 1.41. The van der Waals surface area contributed by atoms with Crippen molar-refractivity contribution in [1.29, 1.82) is 0 Å². The second-order valence-corrected chi connectivity index (χ2v) is 7.41. The molecule has 6 nitrogen and oxygen atoms in total. The van der Waals surface area contributed by atoms with E-state index in [1.54, 1.807) is 31.4 Å². The topological polar surface area (TPSA) is 78.9 Å².